The van der Waals surface area contributed by atoms with Crippen molar-refractivity contribution in [2.45, 2.75) is 37.6 Å². The number of aliphatic hydroxyl groups excluding tert-OH is 3. The Labute approximate surface area is 158 Å². The summed E-state index contributed by atoms with van der Waals surface area (Å²) in [4.78, 5) is 11.3. The van der Waals surface area contributed by atoms with E-state index in [0.717, 1.165) is 0 Å². The predicted octanol–water partition coefficient (Wildman–Crippen LogP) is -2.37. The fourth-order valence-electron chi connectivity index (χ4n) is 2.41. The van der Waals surface area contributed by atoms with Crippen LogP contribution < -0.4 is 5.32 Å². The number of carbonyl (C=O) groups excluding carboxylic acids is 1. The minimum atomic E-state index is -1.34. The molecular weight excluding hydrogens is 362 g/mol. The zero-order chi connectivity index (χ0) is 20.1. The first-order valence-corrected chi connectivity index (χ1v) is 8.69. The Kier molecular flexibility index (Phi) is 12.2. The number of amides is 1. The highest BCUT2D eigenvalue weighted by Crippen LogP contribution is 2.22. The molecule has 4 N–H and O–H groups in total. The monoisotopic (exact) mass is 391 g/mol. The van der Waals surface area contributed by atoms with E-state index in [1.807, 2.05) is 0 Å². The number of nitrogens with one attached hydrogen (secondary N) is 1. The third kappa shape index (κ3) is 8.96. The van der Waals surface area contributed by atoms with Crippen molar-refractivity contribution in [3.63, 3.8) is 0 Å². The summed E-state index contributed by atoms with van der Waals surface area (Å²) in [5.41, 5.74) is 0. The number of hydrogen-bond acceptors (Lipinski definition) is 9. The van der Waals surface area contributed by atoms with Gasteiger partial charge in [-0.1, -0.05) is 5.92 Å². The summed E-state index contributed by atoms with van der Waals surface area (Å²) < 4.78 is 26.6. The van der Waals surface area contributed by atoms with Crippen molar-refractivity contribution >= 4 is 5.91 Å². The largest absolute Gasteiger partial charge is 0.394 e. The number of carbonyl (C=O) groups is 1. The topological polar surface area (TPSA) is 136 Å². The Morgan fingerprint density at radius 3 is 2.22 bits per heavy atom. The first-order valence-electron chi connectivity index (χ1n) is 8.69. The van der Waals surface area contributed by atoms with Gasteiger partial charge in [-0.05, 0) is 0 Å². The zero-order valence-electron chi connectivity index (χ0n) is 15.4. The van der Waals surface area contributed by atoms with Crippen LogP contribution in [0.2, 0.25) is 0 Å². The predicted molar refractivity (Wildman–Crippen MR) is 92.6 cm³/mol. The van der Waals surface area contributed by atoms with Crippen LogP contribution in [0.5, 0.6) is 0 Å². The molecule has 0 aromatic heterocycles. The van der Waals surface area contributed by atoms with Crippen molar-refractivity contribution in [1.29, 1.82) is 0 Å². The van der Waals surface area contributed by atoms with Gasteiger partial charge in [0, 0.05) is 6.92 Å². The molecule has 1 heterocycles. The van der Waals surface area contributed by atoms with E-state index >= 15 is 0 Å². The van der Waals surface area contributed by atoms with Crippen LogP contribution in [0.3, 0.4) is 0 Å². The van der Waals surface area contributed by atoms with Gasteiger partial charge in [0.2, 0.25) is 5.91 Å². The van der Waals surface area contributed by atoms with E-state index in [0.29, 0.717) is 26.4 Å². The minimum absolute atomic E-state index is 0.118. The lowest BCUT2D eigenvalue weighted by molar-refractivity contribution is -0.272. The van der Waals surface area contributed by atoms with Gasteiger partial charge in [-0.3, -0.25) is 4.79 Å². The van der Waals surface area contributed by atoms with Crippen LogP contribution >= 0.6 is 0 Å². The van der Waals surface area contributed by atoms with E-state index in [1.165, 1.54) is 6.92 Å². The summed E-state index contributed by atoms with van der Waals surface area (Å²) in [5, 5.41) is 31.7. The lowest BCUT2D eigenvalue weighted by Gasteiger charge is -2.42. The number of terminal acetylenes is 1. The second-order valence-corrected chi connectivity index (χ2v) is 5.79. The maximum atomic E-state index is 11.3. The first-order chi connectivity index (χ1) is 13.0. The summed E-state index contributed by atoms with van der Waals surface area (Å²) in [6.45, 7) is 2.93. The summed E-state index contributed by atoms with van der Waals surface area (Å²) >= 11 is 0. The Hall–Kier alpha value is -1.29. The number of hydrogen-bond donors (Lipinski definition) is 4. The van der Waals surface area contributed by atoms with E-state index < -0.39 is 43.2 Å². The molecule has 5 atom stereocenters. The Morgan fingerprint density at radius 1 is 1.07 bits per heavy atom. The highest BCUT2D eigenvalue weighted by atomic mass is 16.7. The molecule has 1 amide bonds. The lowest BCUT2D eigenvalue weighted by Crippen LogP contribution is -2.64. The third-order valence-electron chi connectivity index (χ3n) is 3.69. The molecule has 1 rings (SSSR count). The zero-order valence-corrected chi connectivity index (χ0v) is 15.4. The van der Waals surface area contributed by atoms with Crippen molar-refractivity contribution in [3.8, 4) is 12.3 Å². The molecule has 1 saturated heterocycles. The molecule has 1 aliphatic heterocycles. The average molecular weight is 391 g/mol. The molecule has 1 aliphatic rings. The molecule has 0 aromatic rings. The van der Waals surface area contributed by atoms with Crippen LogP contribution in [0.4, 0.5) is 0 Å². The van der Waals surface area contributed by atoms with Gasteiger partial charge in [0.25, 0.3) is 0 Å². The number of rotatable bonds is 13. The highest BCUT2D eigenvalue weighted by Gasteiger charge is 2.45. The van der Waals surface area contributed by atoms with Gasteiger partial charge in [0.05, 0.1) is 46.2 Å². The van der Waals surface area contributed by atoms with Gasteiger partial charge in [0.15, 0.2) is 6.29 Å². The molecule has 1 fully saturated rings. The molecule has 0 radical (unpaired) electrons. The van der Waals surface area contributed by atoms with Crippen molar-refractivity contribution in [2.24, 2.45) is 0 Å². The Balaban J connectivity index is 2.24. The molecule has 156 valence electrons. The molecule has 0 saturated carbocycles. The summed E-state index contributed by atoms with van der Waals surface area (Å²) in [7, 11) is 0. The summed E-state index contributed by atoms with van der Waals surface area (Å²) in [6.07, 6.45) is 0.315. The van der Waals surface area contributed by atoms with Crippen molar-refractivity contribution < 1.29 is 43.8 Å². The van der Waals surface area contributed by atoms with Crippen molar-refractivity contribution in [1.82, 2.24) is 5.32 Å². The molecule has 10 heteroatoms. The smallest absolute Gasteiger partial charge is 0.217 e. The van der Waals surface area contributed by atoms with E-state index in [1.54, 1.807) is 0 Å². The van der Waals surface area contributed by atoms with E-state index in [-0.39, 0.29) is 19.8 Å². The molecule has 0 unspecified atom stereocenters. The maximum absolute atomic E-state index is 11.3. The standard InChI is InChI=1S/C17H29NO9/c1-3-4-23-5-6-24-7-8-25-9-10-26-17-14(18-12(2)20)16(22)15(21)13(11-19)27-17/h1,13-17,19,21-22H,4-11H2,2H3,(H,18,20)/t13-,14+,15+,16+,17+/m0/s1. The van der Waals surface area contributed by atoms with Crippen LogP contribution in [0.15, 0.2) is 0 Å². The van der Waals surface area contributed by atoms with Crippen LogP contribution in [-0.2, 0) is 28.5 Å². The quantitative estimate of drug-likeness (QED) is 0.201. The van der Waals surface area contributed by atoms with Crippen LogP contribution in [0.1, 0.15) is 6.92 Å². The molecule has 0 spiro atoms. The van der Waals surface area contributed by atoms with Crippen LogP contribution in [0, 0.1) is 12.3 Å². The lowest BCUT2D eigenvalue weighted by atomic mass is 9.97. The van der Waals surface area contributed by atoms with Crippen molar-refractivity contribution in [2.75, 3.05) is 52.9 Å². The second-order valence-electron chi connectivity index (χ2n) is 5.79. The summed E-state index contributed by atoms with van der Waals surface area (Å²) in [6, 6.07) is -0.966. The van der Waals surface area contributed by atoms with Crippen molar-refractivity contribution in [3.05, 3.63) is 0 Å². The molecule has 0 aliphatic carbocycles. The Morgan fingerprint density at radius 2 is 1.67 bits per heavy atom. The molecular formula is C17H29NO9. The fourth-order valence-corrected chi connectivity index (χ4v) is 2.41. The van der Waals surface area contributed by atoms with Gasteiger partial charge in [-0.15, -0.1) is 6.42 Å². The maximum Gasteiger partial charge on any atom is 0.217 e. The number of ether oxygens (including phenoxy) is 5. The fraction of sp³-hybridized carbons (Fsp3) is 0.824. The molecule has 27 heavy (non-hydrogen) atoms. The number of aliphatic hydroxyl groups is 3. The van der Waals surface area contributed by atoms with Gasteiger partial charge in [-0.2, -0.15) is 0 Å². The van der Waals surface area contributed by atoms with Gasteiger partial charge >= 0.3 is 0 Å². The molecule has 0 aromatic carbocycles. The third-order valence-corrected chi connectivity index (χ3v) is 3.69. The van der Waals surface area contributed by atoms with Gasteiger partial charge in [-0.25, -0.2) is 0 Å². The Bertz CT molecular complexity index is 456. The van der Waals surface area contributed by atoms with Crippen LogP contribution in [-0.4, -0.2) is 105 Å². The van der Waals surface area contributed by atoms with Gasteiger partial charge < -0.3 is 44.3 Å². The highest BCUT2D eigenvalue weighted by molar-refractivity contribution is 5.73. The van der Waals surface area contributed by atoms with E-state index in [4.69, 9.17) is 30.1 Å². The minimum Gasteiger partial charge on any atom is -0.394 e. The van der Waals surface area contributed by atoms with Gasteiger partial charge in [0.1, 0.15) is 31.0 Å². The van der Waals surface area contributed by atoms with Crippen LogP contribution in [0.25, 0.3) is 0 Å². The summed E-state index contributed by atoms with van der Waals surface area (Å²) in [5.74, 6) is 1.94. The van der Waals surface area contributed by atoms with E-state index in [9.17, 15) is 20.1 Å². The SMILES string of the molecule is C#CCOCCOCCOCCO[C@@H]1O[C@@H](CO)[C@@H](O)[C@H](O)[C@H]1NC(C)=O. The molecule has 10 nitrogen and oxygen atoms in total. The molecule has 0 bridgehead atoms. The normalized spacial score (nSPS) is 27.9. The second kappa shape index (κ2) is 13.8. The first kappa shape index (κ1) is 23.7. The average Bonchev–Trinajstić information content (AvgIpc) is 2.64. The van der Waals surface area contributed by atoms with E-state index in [2.05, 4.69) is 11.2 Å².